The Hall–Kier alpha value is -1.53. The van der Waals surface area contributed by atoms with Crippen molar-refractivity contribution >= 4 is 0 Å². The molecule has 0 amide bonds. The zero-order chi connectivity index (χ0) is 10.6. The molecule has 1 atom stereocenters. The van der Waals surface area contributed by atoms with Gasteiger partial charge in [-0.15, -0.1) is 0 Å². The molecule has 0 aromatic heterocycles. The average molecular weight is 191 g/mol. The number of rotatable bonds is 3. The molecular weight excluding hydrogens is 178 g/mol. The van der Waals surface area contributed by atoms with Gasteiger partial charge in [-0.3, -0.25) is 0 Å². The van der Waals surface area contributed by atoms with Crippen LogP contribution in [-0.4, -0.2) is 11.2 Å². The van der Waals surface area contributed by atoms with Crippen molar-refractivity contribution in [2.45, 2.75) is 26.6 Å². The molecule has 3 nitrogen and oxygen atoms in total. The Labute approximate surface area is 83.6 Å². The molecule has 0 aliphatic heterocycles. The van der Waals surface area contributed by atoms with Crippen LogP contribution in [0.15, 0.2) is 18.2 Å². The Balaban J connectivity index is 2.92. The van der Waals surface area contributed by atoms with Crippen LogP contribution in [-0.2, 0) is 6.61 Å². The molecule has 0 heterocycles. The summed E-state index contributed by atoms with van der Waals surface area (Å²) in [4.78, 5) is 0. The molecule has 14 heavy (non-hydrogen) atoms. The van der Waals surface area contributed by atoms with Gasteiger partial charge in [0, 0.05) is 5.56 Å². The fourth-order valence-electron chi connectivity index (χ4n) is 1.16. The third-order valence-electron chi connectivity index (χ3n) is 1.87. The van der Waals surface area contributed by atoms with Crippen LogP contribution in [0.3, 0.4) is 0 Å². The van der Waals surface area contributed by atoms with Crippen molar-refractivity contribution in [3.05, 3.63) is 29.3 Å². The predicted octanol–water partition coefficient (Wildman–Crippen LogP) is 1.78. The summed E-state index contributed by atoms with van der Waals surface area (Å²) in [6.07, 6.45) is -0.497. The van der Waals surface area contributed by atoms with Crippen molar-refractivity contribution in [3.8, 4) is 11.8 Å². The van der Waals surface area contributed by atoms with Crippen LogP contribution in [0.25, 0.3) is 0 Å². The SMILES string of the molecule is Cc1ccc(OC(C)C#N)c(CO)c1. The minimum atomic E-state index is -0.497. The lowest BCUT2D eigenvalue weighted by Crippen LogP contribution is -2.09. The number of aliphatic hydroxyl groups excluding tert-OH is 1. The summed E-state index contributed by atoms with van der Waals surface area (Å²) in [6.45, 7) is 3.53. The molecule has 0 bridgehead atoms. The lowest BCUT2D eigenvalue weighted by atomic mass is 10.1. The van der Waals surface area contributed by atoms with Crippen LogP contribution in [0, 0.1) is 18.3 Å². The van der Waals surface area contributed by atoms with Crippen molar-refractivity contribution in [1.82, 2.24) is 0 Å². The second kappa shape index (κ2) is 4.64. The van der Waals surface area contributed by atoms with E-state index in [1.54, 1.807) is 13.0 Å². The van der Waals surface area contributed by atoms with Crippen LogP contribution in [0.4, 0.5) is 0 Å². The minimum absolute atomic E-state index is 0.0742. The summed E-state index contributed by atoms with van der Waals surface area (Å²) >= 11 is 0. The number of ether oxygens (including phenoxy) is 1. The van der Waals surface area contributed by atoms with E-state index in [2.05, 4.69) is 0 Å². The first-order valence-electron chi connectivity index (χ1n) is 4.44. The highest BCUT2D eigenvalue weighted by Crippen LogP contribution is 2.20. The van der Waals surface area contributed by atoms with Crippen molar-refractivity contribution in [1.29, 1.82) is 5.26 Å². The molecule has 1 rings (SSSR count). The Morgan fingerprint density at radius 1 is 1.57 bits per heavy atom. The number of hydrogen-bond acceptors (Lipinski definition) is 3. The summed E-state index contributed by atoms with van der Waals surface area (Å²) in [6, 6.07) is 7.48. The highest BCUT2D eigenvalue weighted by Gasteiger charge is 2.06. The van der Waals surface area contributed by atoms with Gasteiger partial charge in [0.05, 0.1) is 6.61 Å². The van der Waals surface area contributed by atoms with Gasteiger partial charge in [-0.25, -0.2) is 0 Å². The maximum atomic E-state index is 9.07. The first-order chi connectivity index (χ1) is 6.67. The molecule has 0 saturated heterocycles. The summed E-state index contributed by atoms with van der Waals surface area (Å²) in [5.74, 6) is 0.576. The predicted molar refractivity (Wildman–Crippen MR) is 52.8 cm³/mol. The van der Waals surface area contributed by atoms with Gasteiger partial charge in [0.15, 0.2) is 6.10 Å². The maximum absolute atomic E-state index is 9.07. The van der Waals surface area contributed by atoms with Gasteiger partial charge in [-0.1, -0.05) is 17.7 Å². The fraction of sp³-hybridized carbons (Fsp3) is 0.364. The summed E-state index contributed by atoms with van der Waals surface area (Å²) < 4.78 is 5.32. The quantitative estimate of drug-likeness (QED) is 0.792. The third kappa shape index (κ3) is 2.48. The first kappa shape index (κ1) is 10.6. The van der Waals surface area contributed by atoms with E-state index >= 15 is 0 Å². The molecule has 74 valence electrons. The largest absolute Gasteiger partial charge is 0.476 e. The molecular formula is C11H13NO2. The normalized spacial score (nSPS) is 11.9. The maximum Gasteiger partial charge on any atom is 0.181 e. The Bertz CT molecular complexity index is 355. The molecule has 0 spiro atoms. The van der Waals surface area contributed by atoms with Gasteiger partial charge < -0.3 is 9.84 Å². The molecule has 0 saturated carbocycles. The Morgan fingerprint density at radius 2 is 2.29 bits per heavy atom. The Morgan fingerprint density at radius 3 is 2.86 bits per heavy atom. The monoisotopic (exact) mass is 191 g/mol. The van der Waals surface area contributed by atoms with E-state index in [-0.39, 0.29) is 6.61 Å². The molecule has 1 aromatic carbocycles. The number of nitrogens with zero attached hydrogens (tertiary/aromatic N) is 1. The summed E-state index contributed by atoms with van der Waals surface area (Å²) in [5, 5.41) is 17.6. The summed E-state index contributed by atoms with van der Waals surface area (Å²) in [5.41, 5.74) is 1.78. The van der Waals surface area contributed by atoms with E-state index in [1.807, 2.05) is 25.1 Å². The van der Waals surface area contributed by atoms with Crippen molar-refractivity contribution in [3.63, 3.8) is 0 Å². The van der Waals surface area contributed by atoms with E-state index in [4.69, 9.17) is 15.1 Å². The first-order valence-corrected chi connectivity index (χ1v) is 4.44. The van der Waals surface area contributed by atoms with Gasteiger partial charge in [-0.2, -0.15) is 5.26 Å². The number of aliphatic hydroxyl groups is 1. The van der Waals surface area contributed by atoms with Gasteiger partial charge in [0.2, 0.25) is 0 Å². The molecule has 1 N–H and O–H groups in total. The molecule has 1 unspecified atom stereocenters. The fourth-order valence-corrected chi connectivity index (χ4v) is 1.16. The zero-order valence-corrected chi connectivity index (χ0v) is 8.32. The molecule has 1 aromatic rings. The van der Waals surface area contributed by atoms with Gasteiger partial charge in [0.25, 0.3) is 0 Å². The van der Waals surface area contributed by atoms with Gasteiger partial charge in [-0.05, 0) is 19.9 Å². The van der Waals surface area contributed by atoms with Crippen LogP contribution in [0.2, 0.25) is 0 Å². The number of hydrogen-bond donors (Lipinski definition) is 1. The van der Waals surface area contributed by atoms with Crippen LogP contribution in [0.1, 0.15) is 18.1 Å². The van der Waals surface area contributed by atoms with Gasteiger partial charge >= 0.3 is 0 Å². The average Bonchev–Trinajstić information content (AvgIpc) is 2.20. The second-order valence-corrected chi connectivity index (χ2v) is 3.16. The third-order valence-corrected chi connectivity index (χ3v) is 1.87. The lowest BCUT2D eigenvalue weighted by molar-refractivity contribution is 0.247. The van der Waals surface area contributed by atoms with E-state index in [0.717, 1.165) is 5.56 Å². The number of aryl methyl sites for hydroxylation is 1. The highest BCUT2D eigenvalue weighted by atomic mass is 16.5. The van der Waals surface area contributed by atoms with Crippen molar-refractivity contribution < 1.29 is 9.84 Å². The van der Waals surface area contributed by atoms with Gasteiger partial charge in [0.1, 0.15) is 11.8 Å². The summed E-state index contributed by atoms with van der Waals surface area (Å²) in [7, 11) is 0. The van der Waals surface area contributed by atoms with Crippen LogP contribution in [0.5, 0.6) is 5.75 Å². The van der Waals surface area contributed by atoms with Crippen LogP contribution < -0.4 is 4.74 Å². The van der Waals surface area contributed by atoms with E-state index in [0.29, 0.717) is 11.3 Å². The standard InChI is InChI=1S/C11H13NO2/c1-8-3-4-11(10(5-8)7-13)14-9(2)6-12/h3-5,9,13H,7H2,1-2H3. The topological polar surface area (TPSA) is 53.2 Å². The number of nitriles is 1. The lowest BCUT2D eigenvalue weighted by Gasteiger charge is -2.11. The smallest absolute Gasteiger partial charge is 0.181 e. The molecule has 0 radical (unpaired) electrons. The highest BCUT2D eigenvalue weighted by molar-refractivity contribution is 5.36. The van der Waals surface area contributed by atoms with Crippen molar-refractivity contribution in [2.24, 2.45) is 0 Å². The van der Waals surface area contributed by atoms with E-state index in [1.165, 1.54) is 0 Å². The minimum Gasteiger partial charge on any atom is -0.476 e. The second-order valence-electron chi connectivity index (χ2n) is 3.16. The Kier molecular flexibility index (Phi) is 3.49. The molecule has 3 heteroatoms. The van der Waals surface area contributed by atoms with E-state index < -0.39 is 6.10 Å². The molecule has 0 aliphatic carbocycles. The molecule has 0 aliphatic rings. The number of benzene rings is 1. The van der Waals surface area contributed by atoms with Crippen molar-refractivity contribution in [2.75, 3.05) is 0 Å². The molecule has 0 fully saturated rings. The zero-order valence-electron chi connectivity index (χ0n) is 8.32. The van der Waals surface area contributed by atoms with Crippen LogP contribution >= 0.6 is 0 Å². The van der Waals surface area contributed by atoms with E-state index in [9.17, 15) is 0 Å².